The first kappa shape index (κ1) is 10.9. The van der Waals surface area contributed by atoms with Crippen molar-refractivity contribution >= 4 is 37.4 Å². The first-order valence-corrected chi connectivity index (χ1v) is 6.85. The summed E-state index contributed by atoms with van der Waals surface area (Å²) < 4.78 is 2.86. The second-order valence-electron chi connectivity index (χ2n) is 3.73. The number of halogens is 1. The van der Waals surface area contributed by atoms with Crippen molar-refractivity contribution in [3.05, 3.63) is 34.1 Å². The van der Waals surface area contributed by atoms with E-state index in [-0.39, 0.29) is 5.56 Å². The van der Waals surface area contributed by atoms with Crippen LogP contribution in [-0.4, -0.2) is 9.90 Å². The largest absolute Gasteiger partial charge is 0.315 e. The van der Waals surface area contributed by atoms with Gasteiger partial charge in [0.1, 0.15) is 0 Å². The lowest BCUT2D eigenvalue weighted by Gasteiger charge is -2.10. The van der Waals surface area contributed by atoms with Crippen molar-refractivity contribution in [2.75, 3.05) is 5.33 Å². The predicted octanol–water partition coefficient (Wildman–Crippen LogP) is 3.09. The van der Waals surface area contributed by atoms with Crippen molar-refractivity contribution in [3.63, 3.8) is 0 Å². The van der Waals surface area contributed by atoms with Gasteiger partial charge in [0, 0.05) is 22.8 Å². The van der Waals surface area contributed by atoms with Gasteiger partial charge < -0.3 is 4.57 Å². The number of nitrogens with zero attached hydrogens (tertiary/aromatic N) is 1. The molecule has 2 rings (SSSR count). The number of thiophene rings is 1. The van der Waals surface area contributed by atoms with E-state index in [4.69, 9.17) is 0 Å². The van der Waals surface area contributed by atoms with E-state index < -0.39 is 0 Å². The number of fused-ring (bicyclic) bond motifs is 1. The first-order chi connectivity index (χ1) is 7.22. The van der Waals surface area contributed by atoms with Crippen LogP contribution < -0.4 is 5.56 Å². The summed E-state index contributed by atoms with van der Waals surface area (Å²) in [5, 5.41) is 3.72. The molecule has 0 radical (unpaired) electrons. The highest BCUT2D eigenvalue weighted by Gasteiger charge is 2.06. The summed E-state index contributed by atoms with van der Waals surface area (Å²) >= 11 is 5.04. The molecule has 0 aliphatic heterocycles. The summed E-state index contributed by atoms with van der Waals surface area (Å²) in [7, 11) is 0. The Morgan fingerprint density at radius 2 is 2.33 bits per heavy atom. The lowest BCUT2D eigenvalue weighted by molar-refractivity contribution is 0.523. The average Bonchev–Trinajstić information content (AvgIpc) is 2.70. The molecular weight excluding hydrogens is 274 g/mol. The van der Waals surface area contributed by atoms with Gasteiger partial charge in [-0.1, -0.05) is 22.9 Å². The molecule has 0 aliphatic carbocycles. The molecule has 80 valence electrons. The molecule has 1 atom stereocenters. The Hall–Kier alpha value is -0.610. The van der Waals surface area contributed by atoms with Gasteiger partial charge >= 0.3 is 0 Å². The van der Waals surface area contributed by atoms with Crippen molar-refractivity contribution in [2.45, 2.75) is 13.5 Å². The standard InChI is InChI=1S/C11H12BrNOS/c1-8(6-12)7-13-4-2-10-9(11(13)14)3-5-15-10/h2-5,8H,6-7H2,1H3. The molecule has 0 N–H and O–H groups in total. The zero-order valence-electron chi connectivity index (χ0n) is 8.44. The van der Waals surface area contributed by atoms with Crippen LogP contribution in [0.5, 0.6) is 0 Å². The fourth-order valence-electron chi connectivity index (χ4n) is 1.54. The predicted molar refractivity (Wildman–Crippen MR) is 69.0 cm³/mol. The van der Waals surface area contributed by atoms with Crippen molar-refractivity contribution in [1.82, 2.24) is 4.57 Å². The number of hydrogen-bond donors (Lipinski definition) is 0. The molecule has 1 unspecified atom stereocenters. The van der Waals surface area contributed by atoms with Crippen molar-refractivity contribution in [3.8, 4) is 0 Å². The SMILES string of the molecule is CC(CBr)Cn1ccc2sccc2c1=O. The minimum Gasteiger partial charge on any atom is -0.315 e. The van der Waals surface area contributed by atoms with Gasteiger partial charge in [-0.2, -0.15) is 0 Å². The van der Waals surface area contributed by atoms with Crippen LogP contribution in [-0.2, 0) is 6.54 Å². The maximum Gasteiger partial charge on any atom is 0.259 e. The van der Waals surface area contributed by atoms with Crippen LogP contribution in [0.25, 0.3) is 10.1 Å². The summed E-state index contributed by atoms with van der Waals surface area (Å²) in [6, 6.07) is 3.92. The Labute approximate surface area is 101 Å². The third-order valence-corrected chi connectivity index (χ3v) is 4.35. The highest BCUT2D eigenvalue weighted by atomic mass is 79.9. The Morgan fingerprint density at radius 3 is 3.07 bits per heavy atom. The summed E-state index contributed by atoms with van der Waals surface area (Å²) in [4.78, 5) is 12.0. The molecule has 2 aromatic heterocycles. The van der Waals surface area contributed by atoms with Crippen LogP contribution in [0.15, 0.2) is 28.5 Å². The van der Waals surface area contributed by atoms with Gasteiger partial charge in [-0.25, -0.2) is 0 Å². The topological polar surface area (TPSA) is 22.0 Å². The van der Waals surface area contributed by atoms with E-state index in [1.165, 1.54) is 0 Å². The van der Waals surface area contributed by atoms with Crippen LogP contribution in [0.4, 0.5) is 0 Å². The maximum absolute atomic E-state index is 12.0. The molecule has 0 aliphatic rings. The van der Waals surface area contributed by atoms with Crippen LogP contribution >= 0.6 is 27.3 Å². The minimum atomic E-state index is 0.126. The second kappa shape index (κ2) is 4.49. The minimum absolute atomic E-state index is 0.126. The normalized spacial score (nSPS) is 13.2. The fourth-order valence-corrected chi connectivity index (χ4v) is 2.51. The summed E-state index contributed by atoms with van der Waals surface area (Å²) in [6.45, 7) is 2.90. The summed E-state index contributed by atoms with van der Waals surface area (Å²) in [6.07, 6.45) is 1.89. The second-order valence-corrected chi connectivity index (χ2v) is 5.33. The summed E-state index contributed by atoms with van der Waals surface area (Å²) in [5.74, 6) is 0.471. The van der Waals surface area contributed by atoms with Gasteiger partial charge in [0.2, 0.25) is 0 Å². The highest BCUT2D eigenvalue weighted by molar-refractivity contribution is 9.09. The molecule has 0 saturated heterocycles. The molecule has 0 amide bonds. The third kappa shape index (κ3) is 2.16. The van der Waals surface area contributed by atoms with Crippen molar-refractivity contribution < 1.29 is 0 Å². The fraction of sp³-hybridized carbons (Fsp3) is 0.364. The first-order valence-electron chi connectivity index (χ1n) is 4.85. The number of pyridine rings is 1. The highest BCUT2D eigenvalue weighted by Crippen LogP contribution is 2.16. The Balaban J connectivity index is 2.44. The smallest absolute Gasteiger partial charge is 0.259 e. The molecule has 0 aromatic carbocycles. The molecule has 0 bridgehead atoms. The number of rotatable bonds is 3. The zero-order chi connectivity index (χ0) is 10.8. The molecule has 2 nitrogen and oxygen atoms in total. The van der Waals surface area contributed by atoms with E-state index in [1.807, 2.05) is 23.7 Å². The van der Waals surface area contributed by atoms with Crippen LogP contribution in [0.1, 0.15) is 6.92 Å². The van der Waals surface area contributed by atoms with Gasteiger partial charge in [-0.15, -0.1) is 11.3 Å². The van der Waals surface area contributed by atoms with Gasteiger partial charge in [0.05, 0.1) is 5.39 Å². The Morgan fingerprint density at radius 1 is 1.53 bits per heavy atom. The monoisotopic (exact) mass is 285 g/mol. The summed E-state index contributed by atoms with van der Waals surface area (Å²) in [5.41, 5.74) is 0.126. The van der Waals surface area contributed by atoms with Crippen LogP contribution in [0, 0.1) is 5.92 Å². The van der Waals surface area contributed by atoms with E-state index in [9.17, 15) is 4.79 Å². The lowest BCUT2D eigenvalue weighted by Crippen LogP contribution is -2.22. The molecule has 2 aromatic rings. The lowest BCUT2D eigenvalue weighted by atomic mass is 10.2. The average molecular weight is 286 g/mol. The molecule has 4 heteroatoms. The van der Waals surface area contributed by atoms with Gasteiger partial charge in [-0.05, 0) is 23.4 Å². The quantitative estimate of drug-likeness (QED) is 0.795. The third-order valence-electron chi connectivity index (χ3n) is 2.36. The maximum atomic E-state index is 12.0. The van der Waals surface area contributed by atoms with Gasteiger partial charge in [-0.3, -0.25) is 4.79 Å². The van der Waals surface area contributed by atoms with Crippen molar-refractivity contribution in [2.24, 2.45) is 5.92 Å². The number of aromatic nitrogens is 1. The molecule has 15 heavy (non-hydrogen) atoms. The molecule has 0 fully saturated rings. The van der Waals surface area contributed by atoms with Crippen LogP contribution in [0.2, 0.25) is 0 Å². The van der Waals surface area contributed by atoms with E-state index >= 15 is 0 Å². The zero-order valence-corrected chi connectivity index (χ0v) is 10.8. The van der Waals surface area contributed by atoms with E-state index in [2.05, 4.69) is 22.9 Å². The van der Waals surface area contributed by atoms with E-state index in [0.29, 0.717) is 5.92 Å². The van der Waals surface area contributed by atoms with Crippen LogP contribution in [0.3, 0.4) is 0 Å². The van der Waals surface area contributed by atoms with Gasteiger partial charge in [0.15, 0.2) is 0 Å². The molecular formula is C11H12BrNOS. The van der Waals surface area contributed by atoms with Crippen molar-refractivity contribution in [1.29, 1.82) is 0 Å². The van der Waals surface area contributed by atoms with E-state index in [0.717, 1.165) is 22.0 Å². The van der Waals surface area contributed by atoms with E-state index in [1.54, 1.807) is 15.9 Å². The Kier molecular flexibility index (Phi) is 3.26. The number of hydrogen-bond acceptors (Lipinski definition) is 2. The number of alkyl halides is 1. The van der Waals surface area contributed by atoms with Gasteiger partial charge in [0.25, 0.3) is 5.56 Å². The molecule has 2 heterocycles. The Bertz CT molecular complexity index is 517. The molecule has 0 saturated carbocycles. The molecule has 0 spiro atoms.